The van der Waals surface area contributed by atoms with Crippen LogP contribution in [0.2, 0.25) is 0 Å². The van der Waals surface area contributed by atoms with Crippen LogP contribution in [0.3, 0.4) is 0 Å². The third kappa shape index (κ3) is 6.22. The first-order valence-corrected chi connectivity index (χ1v) is 18.0. The Morgan fingerprint density at radius 2 is 1.42 bits per heavy atom. The van der Waals surface area contributed by atoms with Crippen LogP contribution in [-0.4, -0.2) is 19.3 Å². The van der Waals surface area contributed by atoms with E-state index < -0.39 is 0 Å². The SMILES string of the molecule is CCCc1nn(-c2cc(Oc3ccc4c5ccccc5n(-c5cc(CC)ccn5)c4c3)cc(C(C)(C)C)c2)c(C(C)(C)C)c1-c1ccccc1. The minimum absolute atomic E-state index is 0.107. The Bertz CT molecular complexity index is 2310. The van der Waals surface area contributed by atoms with Gasteiger partial charge < -0.3 is 4.74 Å². The minimum atomic E-state index is -0.162. The zero-order valence-electron chi connectivity index (χ0n) is 30.7. The van der Waals surface area contributed by atoms with Crippen molar-refractivity contribution in [3.63, 3.8) is 0 Å². The number of aryl methyl sites for hydroxylation is 2. The average molecular weight is 661 g/mol. The average Bonchev–Trinajstić information content (AvgIpc) is 3.65. The van der Waals surface area contributed by atoms with Crippen LogP contribution in [0, 0.1) is 0 Å². The highest BCUT2D eigenvalue weighted by Crippen LogP contribution is 2.41. The molecule has 0 fully saturated rings. The quantitative estimate of drug-likeness (QED) is 0.163. The van der Waals surface area contributed by atoms with Gasteiger partial charge in [-0.05, 0) is 77.4 Å². The molecule has 0 saturated carbocycles. The Labute approximate surface area is 296 Å². The molecule has 0 atom stereocenters. The largest absolute Gasteiger partial charge is 0.457 e. The third-order valence-electron chi connectivity index (χ3n) is 9.55. The minimum Gasteiger partial charge on any atom is -0.457 e. The van der Waals surface area contributed by atoms with Crippen molar-refractivity contribution < 1.29 is 4.74 Å². The number of benzene rings is 4. The van der Waals surface area contributed by atoms with Gasteiger partial charge in [0.25, 0.3) is 0 Å². The van der Waals surface area contributed by atoms with Gasteiger partial charge in [0.1, 0.15) is 17.3 Å². The van der Waals surface area contributed by atoms with Gasteiger partial charge in [0.15, 0.2) is 0 Å². The van der Waals surface area contributed by atoms with E-state index >= 15 is 0 Å². The molecule has 4 aromatic carbocycles. The van der Waals surface area contributed by atoms with E-state index in [1.165, 1.54) is 38.7 Å². The maximum absolute atomic E-state index is 6.84. The van der Waals surface area contributed by atoms with Gasteiger partial charge in [-0.15, -0.1) is 0 Å². The van der Waals surface area contributed by atoms with Gasteiger partial charge >= 0.3 is 0 Å². The Kier molecular flexibility index (Phi) is 8.63. The van der Waals surface area contributed by atoms with Crippen molar-refractivity contribution in [2.45, 2.75) is 85.5 Å². The van der Waals surface area contributed by atoms with Gasteiger partial charge in [-0.3, -0.25) is 4.57 Å². The summed E-state index contributed by atoms with van der Waals surface area (Å²) in [6.45, 7) is 18.0. The second-order valence-electron chi connectivity index (χ2n) is 15.4. The second kappa shape index (κ2) is 12.9. The molecule has 254 valence electrons. The smallest absolute Gasteiger partial charge is 0.137 e. The maximum Gasteiger partial charge on any atom is 0.137 e. The fourth-order valence-electron chi connectivity index (χ4n) is 7.06. The molecule has 0 radical (unpaired) electrons. The summed E-state index contributed by atoms with van der Waals surface area (Å²) in [4.78, 5) is 4.81. The van der Waals surface area contributed by atoms with Gasteiger partial charge in [0.05, 0.1) is 28.1 Å². The molecule has 0 bridgehead atoms. The number of aromatic nitrogens is 4. The molecule has 3 heterocycles. The first-order chi connectivity index (χ1) is 24.0. The van der Waals surface area contributed by atoms with E-state index in [1.54, 1.807) is 0 Å². The molecule has 5 nitrogen and oxygen atoms in total. The summed E-state index contributed by atoms with van der Waals surface area (Å²) in [5.74, 6) is 2.47. The molecule has 0 unspecified atom stereocenters. The number of nitrogens with zero attached hydrogens (tertiary/aromatic N) is 4. The van der Waals surface area contributed by atoms with Crippen LogP contribution in [0.4, 0.5) is 0 Å². The number of rotatable bonds is 8. The van der Waals surface area contributed by atoms with Gasteiger partial charge in [-0.1, -0.05) is 110 Å². The van der Waals surface area contributed by atoms with Crippen molar-refractivity contribution in [1.82, 2.24) is 19.3 Å². The predicted octanol–water partition coefficient (Wildman–Crippen LogP) is 11.9. The summed E-state index contributed by atoms with van der Waals surface area (Å²) < 4.78 is 11.3. The van der Waals surface area contributed by atoms with Crippen molar-refractivity contribution in [3.05, 3.63) is 132 Å². The predicted molar refractivity (Wildman–Crippen MR) is 208 cm³/mol. The van der Waals surface area contributed by atoms with Gasteiger partial charge in [0.2, 0.25) is 0 Å². The fourth-order valence-corrected chi connectivity index (χ4v) is 7.06. The molecule has 0 aliphatic carbocycles. The van der Waals surface area contributed by atoms with E-state index in [0.29, 0.717) is 0 Å². The highest BCUT2D eigenvalue weighted by Gasteiger charge is 2.30. The second-order valence-corrected chi connectivity index (χ2v) is 15.4. The van der Waals surface area contributed by atoms with E-state index in [1.807, 2.05) is 6.20 Å². The van der Waals surface area contributed by atoms with Crippen LogP contribution in [0.1, 0.15) is 84.3 Å². The molecule has 0 N–H and O–H groups in total. The number of para-hydroxylation sites is 1. The van der Waals surface area contributed by atoms with Crippen LogP contribution in [0.5, 0.6) is 11.5 Å². The van der Waals surface area contributed by atoms with E-state index in [9.17, 15) is 0 Å². The zero-order valence-corrected chi connectivity index (χ0v) is 30.7. The molecular formula is C45H48N4O. The first kappa shape index (κ1) is 33.3. The lowest BCUT2D eigenvalue weighted by Gasteiger charge is -2.25. The number of pyridine rings is 1. The maximum atomic E-state index is 6.84. The standard InChI is InChI=1S/C45H48N4O/c1-9-16-38-42(31-17-12-11-13-18-31)43(45(6,7)8)49(47-38)33-26-32(44(3,4)5)27-35(28-33)50-34-21-22-37-36-19-14-15-20-39(36)48(40(37)29-34)41-25-30(10-2)23-24-46-41/h11-15,17-29H,9-10,16H2,1-8H3. The lowest BCUT2D eigenvalue weighted by Crippen LogP contribution is -2.19. The summed E-state index contributed by atoms with van der Waals surface area (Å²) in [5, 5.41) is 7.72. The van der Waals surface area contributed by atoms with E-state index in [0.717, 1.165) is 59.0 Å². The number of ether oxygens (including phenoxy) is 1. The fraction of sp³-hybridized carbons (Fsp3) is 0.289. The van der Waals surface area contributed by atoms with E-state index in [4.69, 9.17) is 14.8 Å². The normalized spacial score (nSPS) is 12.2. The molecular weight excluding hydrogens is 613 g/mol. The first-order valence-electron chi connectivity index (χ1n) is 18.0. The molecule has 7 rings (SSSR count). The van der Waals surface area contributed by atoms with Crippen LogP contribution in [0.25, 0.3) is 44.4 Å². The topological polar surface area (TPSA) is 44.9 Å². The molecule has 0 aliphatic heterocycles. The van der Waals surface area contributed by atoms with Crippen molar-refractivity contribution in [3.8, 4) is 34.1 Å². The van der Waals surface area contributed by atoms with Crippen molar-refractivity contribution >= 4 is 21.8 Å². The van der Waals surface area contributed by atoms with Crippen LogP contribution in [0.15, 0.2) is 109 Å². The highest BCUT2D eigenvalue weighted by molar-refractivity contribution is 6.09. The third-order valence-corrected chi connectivity index (χ3v) is 9.55. The van der Waals surface area contributed by atoms with E-state index in [2.05, 4.69) is 168 Å². The molecule has 50 heavy (non-hydrogen) atoms. The zero-order chi connectivity index (χ0) is 35.2. The Morgan fingerprint density at radius 1 is 0.680 bits per heavy atom. The molecule has 0 amide bonds. The molecule has 0 aliphatic rings. The summed E-state index contributed by atoms with van der Waals surface area (Å²) in [5.41, 5.74) is 10.2. The summed E-state index contributed by atoms with van der Waals surface area (Å²) >= 11 is 0. The Balaban J connectivity index is 1.40. The van der Waals surface area contributed by atoms with E-state index in [-0.39, 0.29) is 10.8 Å². The van der Waals surface area contributed by atoms with Crippen LogP contribution < -0.4 is 4.74 Å². The Morgan fingerprint density at radius 3 is 2.14 bits per heavy atom. The molecule has 7 aromatic rings. The number of hydrogen-bond acceptors (Lipinski definition) is 3. The molecule has 0 spiro atoms. The van der Waals surface area contributed by atoms with Crippen LogP contribution >= 0.6 is 0 Å². The van der Waals surface area contributed by atoms with Crippen LogP contribution in [-0.2, 0) is 23.7 Å². The highest BCUT2D eigenvalue weighted by atomic mass is 16.5. The van der Waals surface area contributed by atoms with Gasteiger partial charge in [0, 0.05) is 40.1 Å². The van der Waals surface area contributed by atoms with Gasteiger partial charge in [-0.25, -0.2) is 9.67 Å². The monoisotopic (exact) mass is 660 g/mol. The lowest BCUT2D eigenvalue weighted by molar-refractivity contribution is 0.477. The molecule has 5 heteroatoms. The van der Waals surface area contributed by atoms with Crippen molar-refractivity contribution in [2.75, 3.05) is 0 Å². The van der Waals surface area contributed by atoms with Crippen molar-refractivity contribution in [2.24, 2.45) is 0 Å². The van der Waals surface area contributed by atoms with Gasteiger partial charge in [-0.2, -0.15) is 5.10 Å². The summed E-state index contributed by atoms with van der Waals surface area (Å²) in [7, 11) is 0. The Hall–Kier alpha value is -5.16. The number of fused-ring (bicyclic) bond motifs is 3. The molecule has 0 saturated heterocycles. The lowest BCUT2D eigenvalue weighted by atomic mass is 9.85. The summed E-state index contributed by atoms with van der Waals surface area (Å²) in [6, 6.07) is 36.6. The summed E-state index contributed by atoms with van der Waals surface area (Å²) in [6.07, 6.45) is 4.79. The van der Waals surface area contributed by atoms with Crippen molar-refractivity contribution in [1.29, 1.82) is 0 Å². The number of hydrogen-bond donors (Lipinski definition) is 0. The molecule has 3 aromatic heterocycles.